The van der Waals surface area contributed by atoms with Gasteiger partial charge in [-0.15, -0.1) is 0 Å². The maximum atomic E-state index is 13.8. The molecule has 0 aliphatic heterocycles. The highest BCUT2D eigenvalue weighted by molar-refractivity contribution is 9.08. The molecule has 0 aliphatic carbocycles. The van der Waals surface area contributed by atoms with E-state index in [2.05, 4.69) is 25.9 Å². The second-order valence-corrected chi connectivity index (χ2v) is 3.89. The third kappa shape index (κ3) is 1.63. The second kappa shape index (κ2) is 3.93. The first-order valence-electron chi connectivity index (χ1n) is 4.48. The van der Waals surface area contributed by atoms with Crippen LogP contribution in [0.2, 0.25) is 0 Å². The van der Waals surface area contributed by atoms with Gasteiger partial charge >= 0.3 is 0 Å². The van der Waals surface area contributed by atoms with Gasteiger partial charge in [-0.1, -0.05) is 15.9 Å². The fourth-order valence-corrected chi connectivity index (χ4v) is 1.93. The number of hydrogen-bond donors (Lipinski definition) is 1. The van der Waals surface area contributed by atoms with E-state index in [9.17, 15) is 13.6 Å². The Hall–Kier alpha value is -1.30. The van der Waals surface area contributed by atoms with Crippen LogP contribution >= 0.6 is 15.9 Å². The summed E-state index contributed by atoms with van der Waals surface area (Å²) in [6.45, 7) is 1.48. The minimum absolute atomic E-state index is 0.0382. The Labute approximate surface area is 97.6 Å². The zero-order chi connectivity index (χ0) is 11.9. The summed E-state index contributed by atoms with van der Waals surface area (Å²) in [4.78, 5) is 17.5. The van der Waals surface area contributed by atoms with Gasteiger partial charge in [-0.2, -0.15) is 0 Å². The highest BCUT2D eigenvalue weighted by Gasteiger charge is 2.14. The Balaban J connectivity index is 2.93. The molecule has 0 amide bonds. The van der Waals surface area contributed by atoms with E-state index in [-0.39, 0.29) is 27.6 Å². The van der Waals surface area contributed by atoms with Gasteiger partial charge in [0.1, 0.15) is 17.0 Å². The lowest BCUT2D eigenvalue weighted by atomic mass is 10.2. The summed E-state index contributed by atoms with van der Waals surface area (Å²) in [5.41, 5.74) is -0.367. The van der Waals surface area contributed by atoms with Crippen molar-refractivity contribution in [1.82, 2.24) is 9.97 Å². The van der Waals surface area contributed by atoms with Crippen LogP contribution in [0.15, 0.2) is 10.9 Å². The number of benzene rings is 1. The van der Waals surface area contributed by atoms with Gasteiger partial charge in [-0.3, -0.25) is 4.79 Å². The summed E-state index contributed by atoms with van der Waals surface area (Å²) in [5, 5.41) is 0.0382. The van der Waals surface area contributed by atoms with Crippen LogP contribution in [0.25, 0.3) is 11.0 Å². The Morgan fingerprint density at radius 2 is 2.19 bits per heavy atom. The average molecular weight is 289 g/mol. The van der Waals surface area contributed by atoms with Crippen molar-refractivity contribution in [3.8, 4) is 0 Å². The molecule has 0 unspecified atom stereocenters. The molecule has 1 heterocycles. The van der Waals surface area contributed by atoms with Crippen LogP contribution in [-0.4, -0.2) is 9.97 Å². The number of hydrogen-bond acceptors (Lipinski definition) is 2. The molecule has 2 aromatic rings. The van der Waals surface area contributed by atoms with E-state index in [0.717, 1.165) is 6.07 Å². The predicted molar refractivity (Wildman–Crippen MR) is 59.6 cm³/mol. The van der Waals surface area contributed by atoms with E-state index < -0.39 is 17.2 Å². The van der Waals surface area contributed by atoms with Gasteiger partial charge in [0, 0.05) is 17.0 Å². The number of H-pyrrole nitrogens is 1. The number of halogens is 3. The summed E-state index contributed by atoms with van der Waals surface area (Å²) in [6, 6.07) is 1.11. The molecule has 16 heavy (non-hydrogen) atoms. The number of aromatic nitrogens is 2. The topological polar surface area (TPSA) is 45.8 Å². The first-order valence-corrected chi connectivity index (χ1v) is 5.60. The SMILES string of the molecule is Cc1nc2cc(F)c(CBr)c(F)c2[nH]c1=O. The van der Waals surface area contributed by atoms with E-state index in [0.29, 0.717) is 0 Å². The highest BCUT2D eigenvalue weighted by Crippen LogP contribution is 2.22. The van der Waals surface area contributed by atoms with Gasteiger partial charge in [0.2, 0.25) is 0 Å². The van der Waals surface area contributed by atoms with Crippen LogP contribution in [0.3, 0.4) is 0 Å². The Bertz CT molecular complexity index is 624. The van der Waals surface area contributed by atoms with Crippen LogP contribution < -0.4 is 5.56 Å². The molecule has 3 nitrogen and oxygen atoms in total. The number of aryl methyl sites for hydroxylation is 1. The largest absolute Gasteiger partial charge is 0.317 e. The molecule has 0 atom stereocenters. The van der Waals surface area contributed by atoms with Crippen molar-refractivity contribution in [2.75, 3.05) is 0 Å². The lowest BCUT2D eigenvalue weighted by Gasteiger charge is -2.05. The molecule has 0 radical (unpaired) electrons. The Morgan fingerprint density at radius 3 is 2.81 bits per heavy atom. The van der Waals surface area contributed by atoms with E-state index in [1.54, 1.807) is 0 Å². The molecule has 0 spiro atoms. The molecule has 0 saturated heterocycles. The summed E-state index contributed by atoms with van der Waals surface area (Å²) >= 11 is 2.99. The van der Waals surface area contributed by atoms with E-state index in [4.69, 9.17) is 0 Å². The van der Waals surface area contributed by atoms with Crippen molar-refractivity contribution < 1.29 is 8.78 Å². The highest BCUT2D eigenvalue weighted by atomic mass is 79.9. The third-order valence-electron chi connectivity index (χ3n) is 2.28. The Kier molecular flexibility index (Phi) is 2.75. The van der Waals surface area contributed by atoms with E-state index in [1.807, 2.05) is 0 Å². The first-order chi connectivity index (χ1) is 7.54. The maximum Gasteiger partial charge on any atom is 0.269 e. The zero-order valence-electron chi connectivity index (χ0n) is 8.27. The molecule has 2 rings (SSSR count). The lowest BCUT2D eigenvalue weighted by molar-refractivity contribution is 0.573. The molecule has 0 saturated carbocycles. The van der Waals surface area contributed by atoms with Gasteiger partial charge in [0.05, 0.1) is 5.52 Å². The number of fused-ring (bicyclic) bond motifs is 1. The fourth-order valence-electron chi connectivity index (χ4n) is 1.41. The summed E-state index contributed by atoms with van der Waals surface area (Å²) < 4.78 is 27.2. The quantitative estimate of drug-likeness (QED) is 0.819. The Morgan fingerprint density at radius 1 is 1.50 bits per heavy atom. The van der Waals surface area contributed by atoms with E-state index >= 15 is 0 Å². The predicted octanol–water partition coefficient (Wildman–Crippen LogP) is 2.40. The first kappa shape index (κ1) is 11.2. The average Bonchev–Trinajstić information content (AvgIpc) is 2.22. The fraction of sp³-hybridized carbons (Fsp3) is 0.200. The zero-order valence-corrected chi connectivity index (χ0v) is 9.86. The smallest absolute Gasteiger partial charge is 0.269 e. The second-order valence-electron chi connectivity index (χ2n) is 3.33. The van der Waals surface area contributed by atoms with Crippen LogP contribution in [0, 0.1) is 18.6 Å². The standard InChI is InChI=1S/C10H7BrF2N2O/c1-4-10(16)15-9-7(14-4)2-6(12)5(3-11)8(9)13/h2H,3H2,1H3,(H,15,16). The summed E-state index contributed by atoms with van der Waals surface area (Å²) in [6.07, 6.45) is 0. The number of alkyl halides is 1. The van der Waals surface area contributed by atoms with Crippen LogP contribution in [0.5, 0.6) is 0 Å². The summed E-state index contributed by atoms with van der Waals surface area (Å²) in [7, 11) is 0. The molecule has 1 aromatic heterocycles. The lowest BCUT2D eigenvalue weighted by Crippen LogP contribution is -2.13. The maximum absolute atomic E-state index is 13.8. The minimum Gasteiger partial charge on any atom is -0.317 e. The van der Waals surface area contributed by atoms with Crippen LogP contribution in [-0.2, 0) is 5.33 Å². The molecule has 0 fully saturated rings. The van der Waals surface area contributed by atoms with Gasteiger partial charge in [0.25, 0.3) is 5.56 Å². The van der Waals surface area contributed by atoms with Crippen molar-refractivity contribution in [2.24, 2.45) is 0 Å². The minimum atomic E-state index is -0.781. The number of rotatable bonds is 1. The summed E-state index contributed by atoms with van der Waals surface area (Å²) in [5.74, 6) is -1.46. The normalized spacial score (nSPS) is 11.0. The van der Waals surface area contributed by atoms with Crippen molar-refractivity contribution in [1.29, 1.82) is 0 Å². The molecular formula is C10H7BrF2N2O. The van der Waals surface area contributed by atoms with Gasteiger partial charge in [0.15, 0.2) is 5.82 Å². The van der Waals surface area contributed by atoms with Crippen molar-refractivity contribution >= 4 is 27.0 Å². The molecule has 0 aliphatic rings. The number of aromatic amines is 1. The van der Waals surface area contributed by atoms with Gasteiger partial charge in [-0.25, -0.2) is 13.8 Å². The van der Waals surface area contributed by atoms with Crippen molar-refractivity contribution in [3.63, 3.8) is 0 Å². The molecular weight excluding hydrogens is 282 g/mol. The van der Waals surface area contributed by atoms with E-state index in [1.165, 1.54) is 6.92 Å². The molecule has 1 aromatic carbocycles. The molecule has 0 bridgehead atoms. The van der Waals surface area contributed by atoms with Crippen molar-refractivity contribution in [3.05, 3.63) is 39.3 Å². The molecule has 84 valence electrons. The third-order valence-corrected chi connectivity index (χ3v) is 2.84. The number of nitrogens with zero attached hydrogens (tertiary/aromatic N) is 1. The van der Waals surface area contributed by atoms with Crippen LogP contribution in [0.4, 0.5) is 8.78 Å². The van der Waals surface area contributed by atoms with Crippen LogP contribution in [0.1, 0.15) is 11.3 Å². The molecule has 6 heteroatoms. The van der Waals surface area contributed by atoms with Gasteiger partial charge in [-0.05, 0) is 6.92 Å². The van der Waals surface area contributed by atoms with Gasteiger partial charge < -0.3 is 4.98 Å². The monoisotopic (exact) mass is 288 g/mol. The number of nitrogens with one attached hydrogen (secondary N) is 1. The molecule has 1 N–H and O–H groups in total. The van der Waals surface area contributed by atoms with Crippen molar-refractivity contribution in [2.45, 2.75) is 12.3 Å².